The first kappa shape index (κ1) is 14.3. The van der Waals surface area contributed by atoms with Gasteiger partial charge in [-0.25, -0.2) is 4.98 Å². The molecule has 1 heterocycles. The fourth-order valence-corrected chi connectivity index (χ4v) is 1.50. The maximum absolute atomic E-state index is 11.9. The molecule has 0 spiro atoms. The molecule has 1 amide bonds. The molecule has 5 nitrogen and oxygen atoms in total. The van der Waals surface area contributed by atoms with Gasteiger partial charge in [-0.2, -0.15) is 0 Å². The second-order valence-electron chi connectivity index (χ2n) is 5.54. The van der Waals surface area contributed by atoms with Crippen LogP contribution in [0, 0.1) is 6.92 Å². The van der Waals surface area contributed by atoms with Crippen molar-refractivity contribution in [3.8, 4) is 0 Å². The lowest BCUT2D eigenvalue weighted by molar-refractivity contribution is -0.122. The number of nitrogens with one attached hydrogen (secondary N) is 2. The Balaban J connectivity index is 2.69. The summed E-state index contributed by atoms with van der Waals surface area (Å²) < 4.78 is 0. The molecule has 100 valence electrons. The zero-order valence-electron chi connectivity index (χ0n) is 11.7. The maximum atomic E-state index is 11.9. The van der Waals surface area contributed by atoms with Gasteiger partial charge < -0.3 is 16.4 Å². The van der Waals surface area contributed by atoms with Gasteiger partial charge in [-0.05, 0) is 46.2 Å². The van der Waals surface area contributed by atoms with E-state index >= 15 is 0 Å². The van der Waals surface area contributed by atoms with Crippen LogP contribution in [0.3, 0.4) is 0 Å². The van der Waals surface area contributed by atoms with Gasteiger partial charge in [0.1, 0.15) is 11.9 Å². The fourth-order valence-electron chi connectivity index (χ4n) is 1.50. The maximum Gasteiger partial charge on any atom is 0.242 e. The number of hydrogen-bond donors (Lipinski definition) is 3. The van der Waals surface area contributed by atoms with Gasteiger partial charge in [-0.15, -0.1) is 0 Å². The standard InChI is InChI=1S/C13H22N4O/c1-8-6-10(14)7-15-11(8)16-9(2)12(18)17-13(3,4)5/h6-7,9H,14H2,1-5H3,(H,15,16)(H,17,18). The quantitative estimate of drug-likeness (QED) is 0.762. The molecule has 0 saturated heterocycles. The average molecular weight is 250 g/mol. The first-order valence-electron chi connectivity index (χ1n) is 6.00. The summed E-state index contributed by atoms with van der Waals surface area (Å²) in [6.07, 6.45) is 1.57. The van der Waals surface area contributed by atoms with E-state index in [-0.39, 0.29) is 17.5 Å². The molecule has 0 aliphatic heterocycles. The second kappa shape index (κ2) is 5.25. The molecule has 5 heteroatoms. The van der Waals surface area contributed by atoms with E-state index in [0.717, 1.165) is 5.56 Å². The summed E-state index contributed by atoms with van der Waals surface area (Å²) in [5.41, 5.74) is 6.93. The van der Waals surface area contributed by atoms with Crippen molar-refractivity contribution in [3.05, 3.63) is 17.8 Å². The van der Waals surface area contributed by atoms with Crippen LogP contribution in [0.5, 0.6) is 0 Å². The van der Waals surface area contributed by atoms with Crippen molar-refractivity contribution in [3.63, 3.8) is 0 Å². The largest absolute Gasteiger partial charge is 0.397 e. The molecule has 1 unspecified atom stereocenters. The van der Waals surface area contributed by atoms with E-state index in [9.17, 15) is 4.79 Å². The van der Waals surface area contributed by atoms with Crippen LogP contribution in [-0.2, 0) is 4.79 Å². The van der Waals surface area contributed by atoms with Crippen molar-refractivity contribution < 1.29 is 4.79 Å². The Labute approximate surface area is 108 Å². The van der Waals surface area contributed by atoms with Crippen LogP contribution in [0.2, 0.25) is 0 Å². The van der Waals surface area contributed by atoms with E-state index in [4.69, 9.17) is 5.73 Å². The number of hydrogen-bond acceptors (Lipinski definition) is 4. The number of aryl methyl sites for hydroxylation is 1. The third-order valence-corrected chi connectivity index (χ3v) is 2.34. The molecule has 0 aliphatic rings. The van der Waals surface area contributed by atoms with Crippen molar-refractivity contribution in [2.75, 3.05) is 11.1 Å². The van der Waals surface area contributed by atoms with Crippen molar-refractivity contribution in [1.29, 1.82) is 0 Å². The van der Waals surface area contributed by atoms with Gasteiger partial charge in [-0.1, -0.05) is 0 Å². The van der Waals surface area contributed by atoms with Crippen LogP contribution >= 0.6 is 0 Å². The molecule has 0 saturated carbocycles. The molecule has 4 N–H and O–H groups in total. The zero-order valence-corrected chi connectivity index (χ0v) is 11.7. The van der Waals surface area contributed by atoms with E-state index < -0.39 is 0 Å². The number of nitrogens with two attached hydrogens (primary N) is 1. The third kappa shape index (κ3) is 4.24. The molecular formula is C13H22N4O. The van der Waals surface area contributed by atoms with Gasteiger partial charge in [0.25, 0.3) is 0 Å². The highest BCUT2D eigenvalue weighted by atomic mass is 16.2. The van der Waals surface area contributed by atoms with E-state index in [2.05, 4.69) is 15.6 Å². The number of nitrogen functional groups attached to an aromatic ring is 1. The number of aromatic nitrogens is 1. The molecule has 0 radical (unpaired) electrons. The molecule has 1 aromatic heterocycles. The van der Waals surface area contributed by atoms with E-state index in [1.807, 2.05) is 33.8 Å². The molecule has 0 bridgehead atoms. The zero-order chi connectivity index (χ0) is 13.9. The number of carbonyl (C=O) groups is 1. The van der Waals surface area contributed by atoms with E-state index in [0.29, 0.717) is 11.5 Å². The summed E-state index contributed by atoms with van der Waals surface area (Å²) in [7, 11) is 0. The molecule has 0 fully saturated rings. The van der Waals surface area contributed by atoms with Crippen LogP contribution in [0.4, 0.5) is 11.5 Å². The van der Waals surface area contributed by atoms with Crippen molar-refractivity contribution in [2.45, 2.75) is 46.2 Å². The molecule has 1 atom stereocenters. The molecular weight excluding hydrogens is 228 g/mol. The normalized spacial score (nSPS) is 12.9. The average Bonchev–Trinajstić information content (AvgIpc) is 2.19. The number of anilines is 2. The summed E-state index contributed by atoms with van der Waals surface area (Å²) in [5, 5.41) is 6.00. The minimum atomic E-state index is -0.348. The Morgan fingerprint density at radius 2 is 2.06 bits per heavy atom. The smallest absolute Gasteiger partial charge is 0.242 e. The van der Waals surface area contributed by atoms with Gasteiger partial charge in [0.2, 0.25) is 5.91 Å². The SMILES string of the molecule is Cc1cc(N)cnc1NC(C)C(=O)NC(C)(C)C. The highest BCUT2D eigenvalue weighted by Gasteiger charge is 2.19. The van der Waals surface area contributed by atoms with Gasteiger partial charge >= 0.3 is 0 Å². The Bertz CT molecular complexity index is 437. The predicted molar refractivity (Wildman–Crippen MR) is 74.4 cm³/mol. The number of rotatable bonds is 3. The van der Waals surface area contributed by atoms with Crippen molar-refractivity contribution >= 4 is 17.4 Å². The van der Waals surface area contributed by atoms with Crippen LogP contribution in [0.1, 0.15) is 33.3 Å². The Morgan fingerprint density at radius 3 is 2.56 bits per heavy atom. The first-order valence-corrected chi connectivity index (χ1v) is 6.00. The van der Waals surface area contributed by atoms with Crippen LogP contribution in [-0.4, -0.2) is 22.5 Å². The minimum absolute atomic E-state index is 0.0551. The molecule has 0 aromatic carbocycles. The van der Waals surface area contributed by atoms with Gasteiger partial charge in [-0.3, -0.25) is 4.79 Å². The highest BCUT2D eigenvalue weighted by Crippen LogP contribution is 2.15. The first-order chi connectivity index (χ1) is 8.19. The summed E-state index contributed by atoms with van der Waals surface area (Å²) in [4.78, 5) is 16.1. The van der Waals surface area contributed by atoms with E-state index in [1.165, 1.54) is 0 Å². The lowest BCUT2D eigenvalue weighted by atomic mass is 10.1. The highest BCUT2D eigenvalue weighted by molar-refractivity contribution is 5.84. The van der Waals surface area contributed by atoms with Crippen LogP contribution in [0.25, 0.3) is 0 Å². The van der Waals surface area contributed by atoms with Crippen molar-refractivity contribution in [1.82, 2.24) is 10.3 Å². The molecule has 1 rings (SSSR count). The Hall–Kier alpha value is -1.78. The number of amides is 1. The van der Waals surface area contributed by atoms with E-state index in [1.54, 1.807) is 13.1 Å². The number of carbonyl (C=O) groups excluding carboxylic acids is 1. The number of nitrogens with zero attached hydrogens (tertiary/aromatic N) is 1. The number of pyridine rings is 1. The van der Waals surface area contributed by atoms with Crippen molar-refractivity contribution in [2.24, 2.45) is 0 Å². The van der Waals surface area contributed by atoms with Crippen LogP contribution < -0.4 is 16.4 Å². The topological polar surface area (TPSA) is 80.0 Å². The predicted octanol–water partition coefficient (Wildman–Crippen LogP) is 1.69. The Morgan fingerprint density at radius 1 is 1.44 bits per heavy atom. The minimum Gasteiger partial charge on any atom is -0.397 e. The summed E-state index contributed by atoms with van der Waals surface area (Å²) in [5.74, 6) is 0.626. The molecule has 18 heavy (non-hydrogen) atoms. The fraction of sp³-hybridized carbons (Fsp3) is 0.538. The Kier molecular flexibility index (Phi) is 4.16. The van der Waals surface area contributed by atoms with Crippen LogP contribution in [0.15, 0.2) is 12.3 Å². The monoisotopic (exact) mass is 250 g/mol. The summed E-state index contributed by atoms with van der Waals surface area (Å²) in [6, 6.07) is 1.48. The lowest BCUT2D eigenvalue weighted by Gasteiger charge is -2.24. The third-order valence-electron chi connectivity index (χ3n) is 2.34. The van der Waals surface area contributed by atoms with Gasteiger partial charge in [0, 0.05) is 5.54 Å². The molecule has 1 aromatic rings. The summed E-state index contributed by atoms with van der Waals surface area (Å²) in [6.45, 7) is 9.55. The van der Waals surface area contributed by atoms with Gasteiger partial charge in [0.05, 0.1) is 11.9 Å². The summed E-state index contributed by atoms with van der Waals surface area (Å²) >= 11 is 0. The van der Waals surface area contributed by atoms with Gasteiger partial charge in [0.15, 0.2) is 0 Å². The molecule has 0 aliphatic carbocycles. The second-order valence-corrected chi connectivity index (χ2v) is 5.54. The lowest BCUT2D eigenvalue weighted by Crippen LogP contribution is -2.47.